The van der Waals surface area contributed by atoms with Gasteiger partial charge in [-0.15, -0.1) is 0 Å². The summed E-state index contributed by atoms with van der Waals surface area (Å²) >= 11 is 0. The second-order valence-electron chi connectivity index (χ2n) is 29.3. The summed E-state index contributed by atoms with van der Waals surface area (Å²) in [6.45, 7) is 10.2. The molecule has 0 fully saturated rings. The Kier molecular flexibility index (Phi) is 34.9. The third-order valence-electron chi connectivity index (χ3n) is 19.7. The van der Waals surface area contributed by atoms with Crippen LogP contribution in [0.3, 0.4) is 0 Å². The van der Waals surface area contributed by atoms with Gasteiger partial charge in [0.1, 0.15) is 30.2 Å². The van der Waals surface area contributed by atoms with E-state index in [2.05, 4.69) is 62.2 Å². The van der Waals surface area contributed by atoms with Crippen molar-refractivity contribution in [1.29, 1.82) is 0 Å². The predicted molar refractivity (Wildman–Crippen MR) is 440 cm³/mol. The second-order valence-corrected chi connectivity index (χ2v) is 34.7. The number of benzene rings is 5. The van der Waals surface area contributed by atoms with E-state index in [1.54, 1.807) is 109 Å². The van der Waals surface area contributed by atoms with Crippen LogP contribution in [0, 0.1) is 0 Å². The number of nitrogens with zero attached hydrogens (tertiary/aromatic N) is 2. The number of aliphatic carboxylic acids is 3. The molecule has 0 saturated carbocycles. The van der Waals surface area contributed by atoms with Crippen molar-refractivity contribution >= 4 is 118 Å². The van der Waals surface area contributed by atoms with Crippen LogP contribution in [0.4, 0.5) is 16.2 Å². The zero-order valence-electron chi connectivity index (χ0n) is 67.1. The minimum absolute atomic E-state index is 0.0411. The van der Waals surface area contributed by atoms with Gasteiger partial charge in [-0.2, -0.15) is 25.3 Å². The lowest BCUT2D eigenvalue weighted by atomic mass is 9.77. The Hall–Kier alpha value is -11.2. The van der Waals surface area contributed by atoms with Crippen molar-refractivity contribution in [3.8, 4) is 0 Å². The minimum Gasteiger partial charge on any atom is -0.481 e. The highest BCUT2D eigenvalue weighted by atomic mass is 32.2. The van der Waals surface area contributed by atoms with Crippen molar-refractivity contribution in [2.75, 3.05) is 81.9 Å². The maximum Gasteiger partial charge on any atom is 0.363 e. The van der Waals surface area contributed by atoms with Crippen molar-refractivity contribution in [3.63, 3.8) is 0 Å². The van der Waals surface area contributed by atoms with E-state index in [1.165, 1.54) is 12.1 Å². The van der Waals surface area contributed by atoms with Gasteiger partial charge in [0.25, 0.3) is 30.4 Å². The van der Waals surface area contributed by atoms with Gasteiger partial charge in [-0.05, 0) is 122 Å². The van der Waals surface area contributed by atoms with Gasteiger partial charge in [0.05, 0.1) is 55.7 Å². The van der Waals surface area contributed by atoms with Crippen molar-refractivity contribution in [2.45, 2.75) is 158 Å². The average molecular weight is 1690 g/mol. The molecule has 0 aliphatic carbocycles. The standard InChI is InChI=1S/C82H104N10O23S3/c1-9-91(43-21-45-116(106,107)112-6)57-32-34-60-61(81(2,3)4)51-58(115-69(60)50-57)29-19-30-70-82(5,62-52-59(118(110,111)114-8)33-37-68(62)92(70)44-22-46-117(108,109)113-7)40-20-31-71(93)87-67(49-56-27-17-12-18-28-56)77(100)88-66(48-55-25-15-11-16-26-55)76(99)85-53-73(95)83-41-42-84-75(98)65(47-54-23-13-10-14-24-54)86-72(94)38-35-63(78(101)102)89-80(105)90-64(79(103)104)36-39-74(96)97/h10-19,23-30,32-34,37,50-52,63-67H,9,20-22,31,35-36,38-49,53H2,1-8H3,(H10-,83,84,85,86,87,88,89,90,93,94,95,96,97,98,99,100,101,102,103,104,105)/p+1/b29-19+,70-30-/t63-,64-,65-,66-,67-,82?/m0/s1. The zero-order chi connectivity index (χ0) is 86.5. The van der Waals surface area contributed by atoms with Crippen LogP contribution in [0.25, 0.3) is 17.0 Å². The summed E-state index contributed by atoms with van der Waals surface area (Å²) in [4.78, 5) is 135. The maximum atomic E-state index is 14.8. The number of allylic oxidation sites excluding steroid dienone is 3. The summed E-state index contributed by atoms with van der Waals surface area (Å²) in [5.74, 6) is -8.87. The maximum absolute atomic E-state index is 14.8. The van der Waals surface area contributed by atoms with E-state index in [1.807, 2.05) is 59.3 Å². The molecule has 6 aromatic rings. The Morgan fingerprint density at radius 1 is 0.568 bits per heavy atom. The normalized spacial score (nSPS) is 15.2. The first-order valence-corrected chi connectivity index (χ1v) is 42.9. The Labute approximate surface area is 686 Å². The molecule has 6 atom stereocenters. The SMILES string of the molecule is CCN(CCCS(=O)(=O)OC)c1ccc2c(C(C)(C)C)cc(/C=C/C=C3\N(CCCS(=O)(=O)OC)c4ccc(S(=O)(=O)OC)cc4C3(C)CCCC(=O)N[C@@H](Cc3ccccc3)C(=O)N[C@@H](Cc3ccccc3)C(=O)NCC(=O)NCCNC(=O)[C@H](Cc3ccccc3)NC(=O)CC[C@H](NC(=O)N[C@@H](CCC(=O)O)C(=O)O)C(=O)O)[o+]c2c1. The number of amides is 8. The monoisotopic (exact) mass is 1690 g/mol. The molecule has 8 amide bonds. The van der Waals surface area contributed by atoms with Crippen molar-refractivity contribution < 1.29 is 105 Å². The molecule has 0 saturated heterocycles. The molecule has 1 unspecified atom stereocenters. The van der Waals surface area contributed by atoms with Crippen LogP contribution in [0.1, 0.15) is 126 Å². The summed E-state index contributed by atoms with van der Waals surface area (Å²) in [5.41, 5.74) is 4.34. The van der Waals surface area contributed by atoms with E-state index < -0.39 is 163 Å². The second kappa shape index (κ2) is 43.9. The predicted octanol–water partition coefficient (Wildman–Crippen LogP) is 6.13. The number of nitrogens with one attached hydrogen (secondary N) is 8. The molecule has 1 aliphatic rings. The molecule has 1 aliphatic heterocycles. The quantitative estimate of drug-likeness (QED) is 0.0116. The van der Waals surface area contributed by atoms with Crippen LogP contribution in [0.2, 0.25) is 0 Å². The Morgan fingerprint density at radius 3 is 1.63 bits per heavy atom. The first-order chi connectivity index (χ1) is 55.9. The molecule has 7 rings (SSSR count). The van der Waals surface area contributed by atoms with E-state index in [-0.39, 0.29) is 81.0 Å². The highest BCUT2D eigenvalue weighted by Gasteiger charge is 2.44. The molecular formula is C82H105N10O23S3+. The number of anilines is 2. The first-order valence-electron chi connectivity index (χ1n) is 38.3. The molecule has 1 aromatic heterocycles. The number of carboxylic acid groups (broad SMARTS) is 3. The van der Waals surface area contributed by atoms with E-state index in [0.29, 0.717) is 64.5 Å². The topological polar surface area (TPSA) is 476 Å². The zero-order valence-corrected chi connectivity index (χ0v) is 69.5. The lowest BCUT2D eigenvalue weighted by Crippen LogP contribution is -2.56. The molecule has 2 heterocycles. The van der Waals surface area contributed by atoms with Gasteiger partial charge >= 0.3 is 35.3 Å². The third kappa shape index (κ3) is 28.6. The number of carboxylic acids is 3. The number of urea groups is 1. The summed E-state index contributed by atoms with van der Waals surface area (Å²) in [5, 5.41) is 49.1. The van der Waals surface area contributed by atoms with Gasteiger partial charge in [0, 0.05) is 106 Å². The van der Waals surface area contributed by atoms with Crippen molar-refractivity contribution in [1.82, 2.24) is 42.5 Å². The van der Waals surface area contributed by atoms with Crippen LogP contribution in [-0.4, -0.2) is 202 Å². The number of hydrogen-bond acceptors (Lipinski definition) is 21. The molecule has 11 N–H and O–H groups in total. The molecule has 0 spiro atoms. The van der Waals surface area contributed by atoms with Crippen molar-refractivity contribution in [2.24, 2.45) is 0 Å². The lowest BCUT2D eigenvalue weighted by Gasteiger charge is -2.30. The van der Waals surface area contributed by atoms with Gasteiger partial charge < -0.3 is 67.7 Å². The molecule has 33 nitrogen and oxygen atoms in total. The highest BCUT2D eigenvalue weighted by Crippen LogP contribution is 2.52. The molecule has 0 radical (unpaired) electrons. The van der Waals surface area contributed by atoms with Gasteiger partial charge in [-0.25, -0.2) is 18.8 Å². The number of carbonyl (C=O) groups is 10. The van der Waals surface area contributed by atoms with Gasteiger partial charge in [-0.1, -0.05) is 118 Å². The number of hydrogen-bond donors (Lipinski definition) is 11. The fourth-order valence-corrected chi connectivity index (χ4v) is 15.4. The summed E-state index contributed by atoms with van der Waals surface area (Å²) in [6, 6.07) is 29.8. The fraction of sp³-hybridized carbons (Fsp3) is 0.427. The van der Waals surface area contributed by atoms with Crippen LogP contribution < -0.4 is 52.3 Å². The summed E-state index contributed by atoms with van der Waals surface area (Å²) in [7, 11) is -8.69. The van der Waals surface area contributed by atoms with Crippen LogP contribution in [0.5, 0.6) is 0 Å². The summed E-state index contributed by atoms with van der Waals surface area (Å²) < 4.78 is 98.1. The van der Waals surface area contributed by atoms with Crippen LogP contribution >= 0.6 is 0 Å². The fourth-order valence-electron chi connectivity index (χ4n) is 13.4. The van der Waals surface area contributed by atoms with Gasteiger partial charge in [0.2, 0.25) is 35.4 Å². The largest absolute Gasteiger partial charge is 0.481 e. The first kappa shape index (κ1) is 94.0. The number of carbonyl (C=O) groups excluding carboxylic acids is 7. The van der Waals surface area contributed by atoms with Crippen LogP contribution in [-0.2, 0) is 116 Å². The molecule has 0 bridgehead atoms. The van der Waals surface area contributed by atoms with E-state index in [0.717, 1.165) is 38.0 Å². The Bertz CT molecular complexity index is 4960. The number of fused-ring (bicyclic) bond motifs is 2. The van der Waals surface area contributed by atoms with Gasteiger partial charge in [-0.3, -0.25) is 46.1 Å². The van der Waals surface area contributed by atoms with E-state index in [4.69, 9.17) is 17.9 Å². The molecule has 118 heavy (non-hydrogen) atoms. The Morgan fingerprint density at radius 2 is 1.09 bits per heavy atom. The lowest BCUT2D eigenvalue weighted by molar-refractivity contribution is -0.141. The van der Waals surface area contributed by atoms with Crippen LogP contribution in [0.15, 0.2) is 161 Å². The smallest absolute Gasteiger partial charge is 0.363 e. The number of rotatable bonds is 47. The minimum atomic E-state index is -4.29. The van der Waals surface area contributed by atoms with E-state index in [9.17, 15) is 83.4 Å². The highest BCUT2D eigenvalue weighted by molar-refractivity contribution is 7.87. The third-order valence-corrected chi connectivity index (χ3v) is 23.6. The van der Waals surface area contributed by atoms with Gasteiger partial charge in [0.15, 0.2) is 0 Å². The Balaban J connectivity index is 1.07. The average Bonchev–Trinajstić information content (AvgIpc) is 1.57. The van der Waals surface area contributed by atoms with Crippen molar-refractivity contribution in [3.05, 3.63) is 185 Å². The molecular weight excluding hydrogens is 1590 g/mol. The molecule has 5 aromatic carbocycles. The summed E-state index contributed by atoms with van der Waals surface area (Å²) in [6.07, 6.45) is 3.52. The van der Waals surface area contributed by atoms with E-state index >= 15 is 0 Å². The molecule has 36 heteroatoms. The molecule has 638 valence electrons.